The molecule has 220 valence electrons. The molecule has 42 heavy (non-hydrogen) atoms. The summed E-state index contributed by atoms with van der Waals surface area (Å²) in [6.07, 6.45) is 8.88. The summed E-state index contributed by atoms with van der Waals surface area (Å²) in [6.45, 7) is 6.01. The molecular weight excluding hydrogens is 532 g/mol. The first-order valence-corrected chi connectivity index (χ1v) is 14.8. The fourth-order valence-corrected chi connectivity index (χ4v) is 7.42. The van der Waals surface area contributed by atoms with Crippen molar-refractivity contribution in [2.24, 2.45) is 11.8 Å². The largest absolute Gasteiger partial charge is 0.465 e. The Hall–Kier alpha value is -3.75. The summed E-state index contributed by atoms with van der Waals surface area (Å²) in [5.74, 6) is -3.07. The molecule has 0 aliphatic carbocycles. The van der Waals surface area contributed by atoms with Crippen LogP contribution in [-0.4, -0.2) is 70.8 Å². The Bertz CT molecular complexity index is 1450. The number of ether oxygens (including phenoxy) is 2. The van der Waals surface area contributed by atoms with Crippen LogP contribution in [0.2, 0.25) is 0 Å². The maximum atomic E-state index is 14.9. The first-order chi connectivity index (χ1) is 20.3. The second-order valence-electron chi connectivity index (χ2n) is 11.9. The third-order valence-electron chi connectivity index (χ3n) is 9.41. The molecule has 2 amide bonds. The molecule has 0 saturated carbocycles. The monoisotopic (exact) mass is 570 g/mol. The fraction of sp³-hybridized carbons (Fsp3) is 0.441. The van der Waals surface area contributed by atoms with Gasteiger partial charge in [0.1, 0.15) is 23.2 Å². The number of hydrogen-bond donors (Lipinski definition) is 1. The second-order valence-corrected chi connectivity index (χ2v) is 11.9. The molecule has 0 bridgehead atoms. The number of carbonyl (C=O) groups excluding carboxylic acids is 3. The number of anilines is 1. The van der Waals surface area contributed by atoms with E-state index < -0.39 is 41.1 Å². The van der Waals surface area contributed by atoms with E-state index in [0.29, 0.717) is 19.3 Å². The van der Waals surface area contributed by atoms with E-state index in [1.54, 1.807) is 4.90 Å². The van der Waals surface area contributed by atoms with Crippen molar-refractivity contribution in [2.45, 2.75) is 63.3 Å². The zero-order valence-corrected chi connectivity index (χ0v) is 24.4. The van der Waals surface area contributed by atoms with Crippen molar-refractivity contribution in [3.05, 3.63) is 89.5 Å². The number of hydrogen-bond acceptors (Lipinski definition) is 6. The predicted molar refractivity (Wildman–Crippen MR) is 158 cm³/mol. The lowest BCUT2D eigenvalue weighted by atomic mass is 9.73. The van der Waals surface area contributed by atoms with Crippen molar-refractivity contribution in [1.29, 1.82) is 0 Å². The van der Waals surface area contributed by atoms with E-state index >= 15 is 0 Å². The van der Waals surface area contributed by atoms with Gasteiger partial charge in [-0.2, -0.15) is 0 Å². The zero-order valence-electron chi connectivity index (χ0n) is 24.4. The quantitative estimate of drug-likeness (QED) is 0.421. The zero-order chi connectivity index (χ0) is 29.6. The van der Waals surface area contributed by atoms with Crippen LogP contribution in [0.25, 0.3) is 0 Å². The van der Waals surface area contributed by atoms with E-state index in [1.807, 2.05) is 93.6 Å². The molecule has 0 aromatic heterocycles. The highest BCUT2D eigenvalue weighted by atomic mass is 16.6. The van der Waals surface area contributed by atoms with Crippen LogP contribution >= 0.6 is 0 Å². The Morgan fingerprint density at radius 1 is 1.00 bits per heavy atom. The number of esters is 1. The summed E-state index contributed by atoms with van der Waals surface area (Å²) < 4.78 is 12.6. The number of aliphatic hydroxyl groups is 1. The molecular formula is C34H38N2O6. The van der Waals surface area contributed by atoms with Gasteiger partial charge in [0.15, 0.2) is 0 Å². The molecule has 2 aromatic rings. The number of aliphatic hydroxyl groups excluding tert-OH is 1. The summed E-state index contributed by atoms with van der Waals surface area (Å²) in [5.41, 5.74) is 1.10. The molecule has 8 heteroatoms. The highest BCUT2D eigenvalue weighted by Crippen LogP contribution is 2.58. The first kappa shape index (κ1) is 28.4. The number of nitrogens with zero attached hydrogens (tertiary/aromatic N) is 2. The Balaban J connectivity index is 1.53. The van der Waals surface area contributed by atoms with Crippen molar-refractivity contribution in [3.63, 3.8) is 0 Å². The lowest BCUT2D eigenvalue weighted by Gasteiger charge is -2.41. The molecule has 2 saturated heterocycles. The minimum absolute atomic E-state index is 0.217. The van der Waals surface area contributed by atoms with Crippen LogP contribution < -0.4 is 4.90 Å². The summed E-state index contributed by atoms with van der Waals surface area (Å²) in [4.78, 5) is 46.5. The maximum absolute atomic E-state index is 14.9. The van der Waals surface area contributed by atoms with Crippen molar-refractivity contribution >= 4 is 23.5 Å². The third-order valence-corrected chi connectivity index (χ3v) is 9.41. The van der Waals surface area contributed by atoms with Crippen molar-refractivity contribution in [1.82, 2.24) is 4.90 Å². The molecule has 0 radical (unpaired) electrons. The van der Waals surface area contributed by atoms with Crippen molar-refractivity contribution in [2.75, 3.05) is 24.7 Å². The summed E-state index contributed by atoms with van der Waals surface area (Å²) in [5, 5.41) is 10.7. The average Bonchev–Trinajstić information content (AvgIpc) is 3.34. The maximum Gasteiger partial charge on any atom is 0.313 e. The molecule has 6 rings (SSSR count). The predicted octanol–water partition coefficient (Wildman–Crippen LogP) is 3.67. The van der Waals surface area contributed by atoms with Gasteiger partial charge in [-0.05, 0) is 55.9 Å². The molecule has 8 nitrogen and oxygen atoms in total. The second kappa shape index (κ2) is 10.8. The van der Waals surface area contributed by atoms with E-state index in [0.717, 1.165) is 22.4 Å². The van der Waals surface area contributed by atoms with Gasteiger partial charge in [-0.1, -0.05) is 73.7 Å². The van der Waals surface area contributed by atoms with Crippen LogP contribution in [-0.2, 0) is 30.3 Å². The number of amides is 2. The summed E-state index contributed by atoms with van der Waals surface area (Å²) >= 11 is 0. The number of aryl methyl sites for hydroxylation is 2. The molecule has 6 atom stereocenters. The molecule has 2 aromatic carbocycles. The molecule has 4 aliphatic heterocycles. The minimum atomic E-state index is -1.42. The highest BCUT2D eigenvalue weighted by Gasteiger charge is 2.76. The Morgan fingerprint density at radius 2 is 1.79 bits per heavy atom. The number of cyclic esters (lactones) is 1. The lowest BCUT2D eigenvalue weighted by molar-refractivity contribution is -0.161. The molecule has 1 spiro atoms. The van der Waals surface area contributed by atoms with Crippen molar-refractivity contribution in [3.8, 4) is 0 Å². The normalized spacial score (nSPS) is 31.1. The molecule has 4 aliphatic rings. The van der Waals surface area contributed by atoms with Gasteiger partial charge in [0.2, 0.25) is 5.91 Å². The van der Waals surface area contributed by atoms with Gasteiger partial charge in [-0.25, -0.2) is 0 Å². The van der Waals surface area contributed by atoms with Gasteiger partial charge in [0.05, 0.1) is 25.2 Å². The van der Waals surface area contributed by atoms with E-state index in [4.69, 9.17) is 9.47 Å². The van der Waals surface area contributed by atoms with Crippen molar-refractivity contribution < 1.29 is 29.0 Å². The molecule has 4 heterocycles. The van der Waals surface area contributed by atoms with Gasteiger partial charge >= 0.3 is 5.97 Å². The van der Waals surface area contributed by atoms with E-state index in [2.05, 4.69) is 0 Å². The number of fused-ring (bicyclic) bond motifs is 2. The van der Waals surface area contributed by atoms with Crippen LogP contribution in [0.3, 0.4) is 0 Å². The average molecular weight is 571 g/mol. The molecule has 1 unspecified atom stereocenters. The molecule has 1 N–H and O–H groups in total. The number of likely N-dealkylation sites (tertiary alicyclic amines) is 1. The highest BCUT2D eigenvalue weighted by molar-refractivity contribution is 6.06. The Labute approximate surface area is 246 Å². The van der Waals surface area contributed by atoms with Crippen LogP contribution in [0.1, 0.15) is 36.5 Å². The Kier molecular flexibility index (Phi) is 7.31. The van der Waals surface area contributed by atoms with Gasteiger partial charge < -0.3 is 24.4 Å². The lowest BCUT2D eigenvalue weighted by Crippen LogP contribution is -2.59. The van der Waals surface area contributed by atoms with Crippen LogP contribution in [0.15, 0.2) is 72.8 Å². The molecule has 2 fully saturated rings. The number of rotatable bonds is 6. The summed E-state index contributed by atoms with van der Waals surface area (Å²) in [7, 11) is 0. The van der Waals surface area contributed by atoms with Crippen LogP contribution in [0, 0.1) is 25.7 Å². The number of benzene rings is 2. The van der Waals surface area contributed by atoms with E-state index in [-0.39, 0.29) is 31.6 Å². The number of carbonyl (C=O) groups is 3. The van der Waals surface area contributed by atoms with E-state index in [1.165, 1.54) is 4.90 Å². The minimum Gasteiger partial charge on any atom is -0.465 e. The van der Waals surface area contributed by atoms with Gasteiger partial charge in [0.25, 0.3) is 5.91 Å². The van der Waals surface area contributed by atoms with Gasteiger partial charge in [-0.15, -0.1) is 0 Å². The fourth-order valence-electron chi connectivity index (χ4n) is 7.42. The smallest absolute Gasteiger partial charge is 0.313 e. The third kappa shape index (κ3) is 4.31. The first-order valence-electron chi connectivity index (χ1n) is 14.8. The summed E-state index contributed by atoms with van der Waals surface area (Å²) in [6, 6.07) is 13.8. The topological polar surface area (TPSA) is 96.4 Å². The van der Waals surface area contributed by atoms with Crippen LogP contribution in [0.4, 0.5) is 5.69 Å². The van der Waals surface area contributed by atoms with E-state index in [9.17, 15) is 19.5 Å². The van der Waals surface area contributed by atoms with Crippen LogP contribution in [0.5, 0.6) is 0 Å². The van der Waals surface area contributed by atoms with Gasteiger partial charge in [-0.3, -0.25) is 14.4 Å². The van der Waals surface area contributed by atoms with Gasteiger partial charge in [0, 0.05) is 12.2 Å². The SMILES string of the molecule is CC[C@@]12C=CCCOC(=O)[C@@H]1[C@H]1C(=O)N([C@@H](CO)Cc3ccccc3)C3C(=O)N(c4cc(C)ccc4C)CC=C[C@@]31O2. The standard InChI is InChI=1S/C34H38N2O6/c1-4-33-15-8-9-18-41-32(40)28(33)27-30(38)36(25(21-37)20-24-11-6-5-7-12-24)29-31(39)35(17-10-16-34(27,29)42-33)26-19-22(2)13-14-23(26)3/h5-8,10-16,19,25,27-29,37H,4,9,17-18,20-21H2,1-3H3/t25-,27+,28+,29?,33-,34+/m1/s1. The Morgan fingerprint density at radius 3 is 2.52 bits per heavy atom.